The van der Waals surface area contributed by atoms with Gasteiger partial charge in [0.15, 0.2) is 0 Å². The van der Waals surface area contributed by atoms with Crippen LogP contribution < -0.4 is 5.32 Å². The largest absolute Gasteiger partial charge is 0.464 e. The van der Waals surface area contributed by atoms with Gasteiger partial charge < -0.3 is 14.8 Å². The number of carbonyl (C=O) groups excluding carboxylic acids is 2. The highest BCUT2D eigenvalue weighted by molar-refractivity contribution is 5.81. The lowest BCUT2D eigenvalue weighted by Gasteiger charge is -2.17. The number of hydrogen-bond acceptors (Lipinski definition) is 4. The van der Waals surface area contributed by atoms with Crippen molar-refractivity contribution in [1.29, 1.82) is 0 Å². The highest BCUT2D eigenvalue weighted by Crippen LogP contribution is 2.11. The molecule has 0 saturated carbocycles. The van der Waals surface area contributed by atoms with E-state index in [1.165, 1.54) is 44.9 Å². The van der Waals surface area contributed by atoms with E-state index in [0.29, 0.717) is 13.0 Å². The van der Waals surface area contributed by atoms with E-state index in [2.05, 4.69) is 19.2 Å². The number of nitrogens with one attached hydrogen (secondary N) is 1. The minimum absolute atomic E-state index is 0.183. The zero-order valence-corrected chi connectivity index (χ0v) is 20.4. The van der Waals surface area contributed by atoms with Crippen LogP contribution in [0.25, 0.3) is 0 Å². The van der Waals surface area contributed by atoms with Crippen LogP contribution in [0, 0.1) is 0 Å². The zero-order chi connectivity index (χ0) is 23.3. The molecule has 1 atom stereocenters. The average Bonchev–Trinajstić information content (AvgIpc) is 2.81. The molecular weight excluding hydrogens is 402 g/mol. The molecule has 0 heterocycles. The fraction of sp³-hybridized carbons (Fsp3) is 0.704. The summed E-state index contributed by atoms with van der Waals surface area (Å²) in [5.74, 6) is -0.349. The number of unbranched alkanes of at least 4 members (excludes halogenated alkanes) is 11. The number of alkyl carbamates (subject to hydrolysis) is 1. The van der Waals surface area contributed by atoms with E-state index in [9.17, 15) is 9.59 Å². The van der Waals surface area contributed by atoms with Gasteiger partial charge in [0.25, 0.3) is 0 Å². The Morgan fingerprint density at radius 2 is 1.31 bits per heavy atom. The van der Waals surface area contributed by atoms with Gasteiger partial charge in [0.1, 0.15) is 12.6 Å². The highest BCUT2D eigenvalue weighted by atomic mass is 16.6. The summed E-state index contributed by atoms with van der Waals surface area (Å²) in [6, 6.07) is 8.87. The second-order valence-electron chi connectivity index (χ2n) is 8.60. The molecule has 1 aromatic rings. The van der Waals surface area contributed by atoms with Gasteiger partial charge in [0, 0.05) is 0 Å². The van der Waals surface area contributed by atoms with Gasteiger partial charge in [-0.2, -0.15) is 0 Å². The quantitative estimate of drug-likeness (QED) is 0.178. The summed E-state index contributed by atoms with van der Waals surface area (Å²) in [6.45, 7) is 4.99. The predicted molar refractivity (Wildman–Crippen MR) is 130 cm³/mol. The minimum atomic E-state index is -0.645. The molecule has 182 valence electrons. The molecule has 0 spiro atoms. The van der Waals surface area contributed by atoms with Crippen LogP contribution >= 0.6 is 0 Å². The summed E-state index contributed by atoms with van der Waals surface area (Å²) in [6.07, 6.45) is 15.2. The standard InChI is InChI=1S/C27H45NO4/c1-3-5-7-9-10-11-12-13-18-22-31-26(29)25(21-17-8-6-4-2)28-27(30)32-23-24-19-15-14-16-20-24/h14-16,19-20,25H,3-13,17-18,21-23H2,1-2H3,(H,28,30). The third-order valence-electron chi connectivity index (χ3n) is 5.63. The molecular formula is C27H45NO4. The number of benzene rings is 1. The molecule has 0 bridgehead atoms. The van der Waals surface area contributed by atoms with Crippen LogP contribution in [-0.4, -0.2) is 24.7 Å². The lowest BCUT2D eigenvalue weighted by Crippen LogP contribution is -2.42. The number of esters is 1. The molecule has 32 heavy (non-hydrogen) atoms. The van der Waals surface area contributed by atoms with Gasteiger partial charge in [-0.1, -0.05) is 121 Å². The van der Waals surface area contributed by atoms with Crippen molar-refractivity contribution in [3.8, 4) is 0 Å². The Bertz CT molecular complexity index is 591. The van der Waals surface area contributed by atoms with Crippen LogP contribution in [0.3, 0.4) is 0 Å². The van der Waals surface area contributed by atoms with Crippen molar-refractivity contribution in [2.45, 2.75) is 116 Å². The van der Waals surface area contributed by atoms with Gasteiger partial charge in [0.05, 0.1) is 6.61 Å². The van der Waals surface area contributed by atoms with Gasteiger partial charge in [-0.15, -0.1) is 0 Å². The summed E-state index contributed by atoms with van der Waals surface area (Å²) in [7, 11) is 0. The Morgan fingerprint density at radius 3 is 1.94 bits per heavy atom. The van der Waals surface area contributed by atoms with Crippen LogP contribution in [0.1, 0.15) is 109 Å². The van der Waals surface area contributed by atoms with E-state index in [-0.39, 0.29) is 12.6 Å². The van der Waals surface area contributed by atoms with E-state index >= 15 is 0 Å². The van der Waals surface area contributed by atoms with Crippen LogP contribution in [0.5, 0.6) is 0 Å². The Hall–Kier alpha value is -2.04. The Morgan fingerprint density at radius 1 is 0.750 bits per heavy atom. The number of carbonyl (C=O) groups is 2. The first-order chi connectivity index (χ1) is 15.7. The molecule has 0 aliphatic rings. The van der Waals surface area contributed by atoms with Crippen molar-refractivity contribution >= 4 is 12.1 Å². The molecule has 0 saturated heterocycles. The van der Waals surface area contributed by atoms with Crippen molar-refractivity contribution in [1.82, 2.24) is 5.32 Å². The van der Waals surface area contributed by atoms with Crippen LogP contribution in [0.2, 0.25) is 0 Å². The Labute approximate surface area is 195 Å². The van der Waals surface area contributed by atoms with Crippen molar-refractivity contribution < 1.29 is 19.1 Å². The Kier molecular flexibility index (Phi) is 17.2. The lowest BCUT2D eigenvalue weighted by atomic mass is 10.1. The molecule has 1 unspecified atom stereocenters. The monoisotopic (exact) mass is 447 g/mol. The van der Waals surface area contributed by atoms with Crippen molar-refractivity contribution in [3.63, 3.8) is 0 Å². The third kappa shape index (κ3) is 14.9. The Balaban J connectivity index is 2.29. The molecule has 0 aromatic heterocycles. The predicted octanol–water partition coefficient (Wildman–Crippen LogP) is 7.33. The van der Waals surface area contributed by atoms with Crippen LogP contribution in [-0.2, 0) is 20.9 Å². The molecule has 0 radical (unpaired) electrons. The number of ether oxygens (including phenoxy) is 2. The lowest BCUT2D eigenvalue weighted by molar-refractivity contribution is -0.146. The molecule has 1 rings (SSSR count). The molecule has 0 aliphatic carbocycles. The molecule has 1 N–H and O–H groups in total. The maximum absolute atomic E-state index is 12.6. The summed E-state index contributed by atoms with van der Waals surface area (Å²) >= 11 is 0. The summed E-state index contributed by atoms with van der Waals surface area (Å²) in [5, 5.41) is 2.71. The summed E-state index contributed by atoms with van der Waals surface area (Å²) in [4.78, 5) is 24.8. The maximum Gasteiger partial charge on any atom is 0.408 e. The van der Waals surface area contributed by atoms with Crippen LogP contribution in [0.4, 0.5) is 4.79 Å². The van der Waals surface area contributed by atoms with E-state index in [1.807, 2.05) is 30.3 Å². The van der Waals surface area contributed by atoms with Gasteiger partial charge in [0.2, 0.25) is 0 Å². The molecule has 5 heteroatoms. The van der Waals surface area contributed by atoms with E-state index < -0.39 is 12.1 Å². The first-order valence-electron chi connectivity index (χ1n) is 12.8. The van der Waals surface area contributed by atoms with Gasteiger partial charge in [-0.3, -0.25) is 0 Å². The minimum Gasteiger partial charge on any atom is -0.464 e. The smallest absolute Gasteiger partial charge is 0.408 e. The van der Waals surface area contributed by atoms with E-state index in [4.69, 9.17) is 9.47 Å². The zero-order valence-electron chi connectivity index (χ0n) is 20.4. The second-order valence-corrected chi connectivity index (χ2v) is 8.60. The maximum atomic E-state index is 12.6. The third-order valence-corrected chi connectivity index (χ3v) is 5.63. The van der Waals surface area contributed by atoms with E-state index in [0.717, 1.165) is 44.1 Å². The van der Waals surface area contributed by atoms with Crippen molar-refractivity contribution in [2.75, 3.05) is 6.61 Å². The van der Waals surface area contributed by atoms with Crippen molar-refractivity contribution in [2.24, 2.45) is 0 Å². The van der Waals surface area contributed by atoms with Gasteiger partial charge in [-0.05, 0) is 18.4 Å². The van der Waals surface area contributed by atoms with Crippen molar-refractivity contribution in [3.05, 3.63) is 35.9 Å². The molecule has 0 fully saturated rings. The summed E-state index contributed by atoms with van der Waals surface area (Å²) in [5.41, 5.74) is 0.912. The molecule has 5 nitrogen and oxygen atoms in total. The van der Waals surface area contributed by atoms with Gasteiger partial charge in [-0.25, -0.2) is 9.59 Å². The fourth-order valence-electron chi connectivity index (χ4n) is 3.62. The first kappa shape index (κ1) is 28.0. The number of hydrogen-bond donors (Lipinski definition) is 1. The summed E-state index contributed by atoms with van der Waals surface area (Å²) < 4.78 is 10.8. The van der Waals surface area contributed by atoms with Gasteiger partial charge >= 0.3 is 12.1 Å². The second kappa shape index (κ2) is 19.6. The molecule has 0 aliphatic heterocycles. The topological polar surface area (TPSA) is 64.6 Å². The fourth-order valence-corrected chi connectivity index (χ4v) is 3.62. The van der Waals surface area contributed by atoms with E-state index in [1.54, 1.807) is 0 Å². The average molecular weight is 448 g/mol. The number of amides is 1. The molecule has 1 amide bonds. The first-order valence-corrected chi connectivity index (χ1v) is 12.8. The SMILES string of the molecule is CCCCCCCCCCCOC(=O)C(CCCCCC)NC(=O)OCc1ccccc1. The molecule has 1 aromatic carbocycles. The highest BCUT2D eigenvalue weighted by Gasteiger charge is 2.22. The number of rotatable bonds is 19. The normalized spacial score (nSPS) is 11.7. The van der Waals surface area contributed by atoms with Crippen LogP contribution in [0.15, 0.2) is 30.3 Å².